The first-order valence-corrected chi connectivity index (χ1v) is 5.82. The number of nitriles is 1. The van der Waals surface area contributed by atoms with Crippen molar-refractivity contribution in [1.82, 2.24) is 0 Å². The quantitative estimate of drug-likeness (QED) is 0.697. The average molecular weight is 234 g/mol. The van der Waals surface area contributed by atoms with Crippen LogP contribution in [0.4, 0.5) is 4.39 Å². The van der Waals surface area contributed by atoms with Crippen molar-refractivity contribution in [3.05, 3.63) is 29.1 Å². The summed E-state index contributed by atoms with van der Waals surface area (Å²) in [6, 6.07) is 3.69. The van der Waals surface area contributed by atoms with E-state index in [1.807, 2.05) is 0 Å². The van der Waals surface area contributed by atoms with E-state index >= 15 is 0 Å². The largest absolute Gasteiger partial charge is 0.262 e. The second-order valence-corrected chi connectivity index (χ2v) is 5.20. The lowest BCUT2D eigenvalue weighted by atomic mass is 10.1. The third-order valence-corrected chi connectivity index (χ3v) is 2.92. The van der Waals surface area contributed by atoms with Gasteiger partial charge in [-0.05, 0) is 24.6 Å². The molecule has 0 radical (unpaired) electrons. The summed E-state index contributed by atoms with van der Waals surface area (Å²) in [7, 11) is 0.960. The number of rotatable bonds is 1. The van der Waals surface area contributed by atoms with E-state index < -0.39 is 25.3 Å². The van der Waals surface area contributed by atoms with Crippen molar-refractivity contribution in [1.29, 1.82) is 5.26 Å². The molecule has 0 spiro atoms. The first kappa shape index (κ1) is 11.0. The Hall–Kier alpha value is -1.12. The smallest absolute Gasteiger partial charge is 0.207 e. The summed E-state index contributed by atoms with van der Waals surface area (Å²) in [4.78, 5) is -0.487. The van der Waals surface area contributed by atoms with Crippen LogP contribution in [0.1, 0.15) is 11.1 Å². The predicted molar refractivity (Wildman–Crippen MR) is 48.9 cm³/mol. The van der Waals surface area contributed by atoms with Gasteiger partial charge in [-0.25, -0.2) is 12.8 Å². The van der Waals surface area contributed by atoms with E-state index in [4.69, 9.17) is 15.9 Å². The van der Waals surface area contributed by atoms with Crippen molar-refractivity contribution in [2.24, 2.45) is 0 Å². The third kappa shape index (κ3) is 2.03. The van der Waals surface area contributed by atoms with Gasteiger partial charge in [0.15, 0.2) is 0 Å². The van der Waals surface area contributed by atoms with Gasteiger partial charge in [0.1, 0.15) is 22.3 Å². The minimum atomic E-state index is -4.08. The third-order valence-electron chi connectivity index (χ3n) is 1.57. The van der Waals surface area contributed by atoms with Crippen molar-refractivity contribution in [3.8, 4) is 6.07 Å². The molecular formula is C8H5ClFNO2S. The molecule has 0 aliphatic rings. The van der Waals surface area contributed by atoms with Crippen LogP contribution in [-0.4, -0.2) is 8.42 Å². The first-order chi connectivity index (χ1) is 6.36. The van der Waals surface area contributed by atoms with Crippen LogP contribution in [0, 0.1) is 24.1 Å². The molecule has 1 rings (SSSR count). The lowest BCUT2D eigenvalue weighted by Crippen LogP contribution is -1.99. The molecular weight excluding hydrogens is 229 g/mol. The Bertz CT molecular complexity index is 519. The van der Waals surface area contributed by atoms with Gasteiger partial charge in [-0.1, -0.05) is 0 Å². The highest BCUT2D eigenvalue weighted by Crippen LogP contribution is 2.23. The monoisotopic (exact) mass is 233 g/mol. The van der Waals surface area contributed by atoms with Gasteiger partial charge in [-0.3, -0.25) is 0 Å². The molecule has 1 aromatic carbocycles. The fourth-order valence-electron chi connectivity index (χ4n) is 1.01. The fourth-order valence-corrected chi connectivity index (χ4v) is 2.09. The Kier molecular flexibility index (Phi) is 2.79. The molecule has 0 unspecified atom stereocenters. The Morgan fingerprint density at radius 2 is 2.07 bits per heavy atom. The Morgan fingerprint density at radius 3 is 2.50 bits per heavy atom. The van der Waals surface area contributed by atoms with Gasteiger partial charge in [-0.2, -0.15) is 5.26 Å². The lowest BCUT2D eigenvalue weighted by molar-refractivity contribution is 0.599. The minimum Gasteiger partial charge on any atom is -0.207 e. The highest BCUT2D eigenvalue weighted by atomic mass is 35.7. The highest BCUT2D eigenvalue weighted by Gasteiger charge is 2.19. The molecule has 6 heteroatoms. The molecule has 1 aromatic rings. The van der Waals surface area contributed by atoms with E-state index in [-0.39, 0.29) is 0 Å². The first-order valence-electron chi connectivity index (χ1n) is 3.51. The van der Waals surface area contributed by atoms with Gasteiger partial charge in [-0.15, -0.1) is 0 Å². The summed E-state index contributed by atoms with van der Waals surface area (Å²) in [5.41, 5.74) is -0.161. The van der Waals surface area contributed by atoms with E-state index in [0.29, 0.717) is 5.56 Å². The van der Waals surface area contributed by atoms with Gasteiger partial charge >= 0.3 is 0 Å². The number of halogens is 2. The van der Waals surface area contributed by atoms with Crippen molar-refractivity contribution < 1.29 is 12.8 Å². The summed E-state index contributed by atoms with van der Waals surface area (Å²) < 4.78 is 35.0. The van der Waals surface area contributed by atoms with E-state index in [0.717, 1.165) is 12.1 Å². The van der Waals surface area contributed by atoms with Crippen molar-refractivity contribution in [2.45, 2.75) is 11.8 Å². The van der Waals surface area contributed by atoms with E-state index in [9.17, 15) is 12.8 Å². The number of benzene rings is 1. The second kappa shape index (κ2) is 3.56. The zero-order valence-corrected chi connectivity index (χ0v) is 8.66. The number of aryl methyl sites for hydroxylation is 1. The molecule has 0 amide bonds. The summed E-state index contributed by atoms with van der Waals surface area (Å²) in [6.07, 6.45) is 0. The number of hydrogen-bond acceptors (Lipinski definition) is 3. The Balaban J connectivity index is 3.68. The molecule has 0 saturated heterocycles. The van der Waals surface area contributed by atoms with E-state index in [1.165, 1.54) is 13.0 Å². The van der Waals surface area contributed by atoms with Gasteiger partial charge in [0.2, 0.25) is 0 Å². The van der Waals surface area contributed by atoms with Crippen LogP contribution in [0.25, 0.3) is 0 Å². The zero-order chi connectivity index (χ0) is 10.9. The number of hydrogen-bond donors (Lipinski definition) is 0. The van der Waals surface area contributed by atoms with Crippen LogP contribution < -0.4 is 0 Å². The summed E-state index contributed by atoms with van der Waals surface area (Å²) >= 11 is 0. The van der Waals surface area contributed by atoms with Crippen LogP contribution in [0.15, 0.2) is 17.0 Å². The minimum absolute atomic E-state index is 0.390. The van der Waals surface area contributed by atoms with Crippen molar-refractivity contribution in [2.75, 3.05) is 0 Å². The summed E-state index contributed by atoms with van der Waals surface area (Å²) in [5, 5.41) is 8.54. The van der Waals surface area contributed by atoms with Gasteiger partial charge < -0.3 is 0 Å². The normalized spacial score (nSPS) is 11.0. The van der Waals surface area contributed by atoms with Crippen LogP contribution in [0.2, 0.25) is 0 Å². The molecule has 3 nitrogen and oxygen atoms in total. The Morgan fingerprint density at radius 1 is 1.50 bits per heavy atom. The van der Waals surface area contributed by atoms with Crippen LogP contribution in [-0.2, 0) is 9.05 Å². The SMILES string of the molecule is Cc1cc(F)c(C#N)c(S(=O)(=O)Cl)c1. The van der Waals surface area contributed by atoms with Gasteiger partial charge in [0, 0.05) is 10.7 Å². The molecule has 0 saturated carbocycles. The van der Waals surface area contributed by atoms with E-state index in [1.54, 1.807) is 0 Å². The molecule has 0 aliphatic carbocycles. The fraction of sp³-hybridized carbons (Fsp3) is 0.125. The average Bonchev–Trinajstić information content (AvgIpc) is 2.01. The molecule has 0 aliphatic heterocycles. The predicted octanol–water partition coefficient (Wildman–Crippen LogP) is 1.93. The zero-order valence-electron chi connectivity index (χ0n) is 7.08. The second-order valence-electron chi connectivity index (χ2n) is 2.67. The molecule has 0 N–H and O–H groups in total. The molecule has 0 atom stereocenters. The van der Waals surface area contributed by atoms with E-state index in [2.05, 4.69) is 0 Å². The van der Waals surface area contributed by atoms with Gasteiger partial charge in [0.25, 0.3) is 9.05 Å². The maximum Gasteiger partial charge on any atom is 0.262 e. The summed E-state index contributed by atoms with van der Waals surface area (Å²) in [5.74, 6) is -0.883. The molecule has 14 heavy (non-hydrogen) atoms. The molecule has 0 aromatic heterocycles. The lowest BCUT2D eigenvalue weighted by Gasteiger charge is -2.02. The molecule has 74 valence electrons. The molecule has 0 heterocycles. The van der Waals surface area contributed by atoms with Crippen molar-refractivity contribution >= 4 is 19.7 Å². The molecule has 0 bridgehead atoms. The maximum atomic E-state index is 13.1. The number of nitrogens with zero attached hydrogens (tertiary/aromatic N) is 1. The Labute approximate surface area is 85.2 Å². The molecule has 0 fully saturated rings. The van der Waals surface area contributed by atoms with Crippen LogP contribution in [0.3, 0.4) is 0 Å². The maximum absolute atomic E-state index is 13.1. The summed E-state index contributed by atoms with van der Waals surface area (Å²) in [6.45, 7) is 1.51. The van der Waals surface area contributed by atoms with Crippen molar-refractivity contribution in [3.63, 3.8) is 0 Å². The highest BCUT2D eigenvalue weighted by molar-refractivity contribution is 8.13. The topological polar surface area (TPSA) is 57.9 Å². The van der Waals surface area contributed by atoms with Crippen LogP contribution >= 0.6 is 10.7 Å². The standard InChI is InChI=1S/C8H5ClFNO2S/c1-5-2-7(10)6(4-11)8(3-5)14(9,12)13/h2-3H,1H3. The van der Waals surface area contributed by atoms with Gasteiger partial charge in [0.05, 0.1) is 0 Å². The van der Waals surface area contributed by atoms with Crippen LogP contribution in [0.5, 0.6) is 0 Å².